The Morgan fingerprint density at radius 2 is 1.88 bits per heavy atom. The van der Waals surface area contributed by atoms with Gasteiger partial charge in [0.1, 0.15) is 5.03 Å². The summed E-state index contributed by atoms with van der Waals surface area (Å²) in [5.74, 6) is 0.632. The lowest BCUT2D eigenvalue weighted by atomic mass is 10.1. The summed E-state index contributed by atoms with van der Waals surface area (Å²) in [6.45, 7) is 5.12. The molecule has 0 saturated heterocycles. The number of thioether (sulfide) groups is 1. The second kappa shape index (κ2) is 9.87. The summed E-state index contributed by atoms with van der Waals surface area (Å²) in [4.78, 5) is 32.0. The van der Waals surface area contributed by atoms with E-state index >= 15 is 0 Å². The summed E-state index contributed by atoms with van der Waals surface area (Å²) in [5.41, 5.74) is 5.11. The van der Waals surface area contributed by atoms with Crippen LogP contribution in [-0.2, 0) is 6.42 Å². The van der Waals surface area contributed by atoms with E-state index < -0.39 is 0 Å². The Morgan fingerprint density at radius 1 is 1.06 bits per heavy atom. The molecule has 3 amide bonds. The highest BCUT2D eigenvalue weighted by Gasteiger charge is 2.26. The Balaban J connectivity index is 1.41. The number of aryl methyl sites for hydroxylation is 2. The molecular formula is C25H26N4O2S. The maximum Gasteiger partial charge on any atom is 0.326 e. The minimum Gasteiger partial charge on any atom is -0.352 e. The van der Waals surface area contributed by atoms with Gasteiger partial charge in [-0.1, -0.05) is 36.4 Å². The third-order valence-corrected chi connectivity index (χ3v) is 6.21. The smallest absolute Gasteiger partial charge is 0.326 e. The normalized spacial score (nSPS) is 12.8. The van der Waals surface area contributed by atoms with Crippen molar-refractivity contribution in [2.45, 2.75) is 25.3 Å². The first-order valence-corrected chi connectivity index (χ1v) is 11.6. The number of carbonyl (C=O) groups is 2. The first kappa shape index (κ1) is 21.9. The number of hydrogen-bond donors (Lipinski definition) is 2. The van der Waals surface area contributed by atoms with Crippen LogP contribution in [0.25, 0.3) is 0 Å². The van der Waals surface area contributed by atoms with Crippen LogP contribution in [0.5, 0.6) is 0 Å². The van der Waals surface area contributed by atoms with E-state index in [1.54, 1.807) is 40.9 Å². The number of benzene rings is 2. The molecule has 3 aromatic rings. The monoisotopic (exact) mass is 446 g/mol. The molecule has 1 aromatic heterocycles. The molecule has 0 saturated carbocycles. The highest BCUT2D eigenvalue weighted by atomic mass is 32.2. The molecular weight excluding hydrogens is 420 g/mol. The van der Waals surface area contributed by atoms with Crippen LogP contribution in [0.4, 0.5) is 16.2 Å². The largest absolute Gasteiger partial charge is 0.352 e. The van der Waals surface area contributed by atoms with Crippen molar-refractivity contribution in [3.63, 3.8) is 0 Å². The third-order valence-electron chi connectivity index (χ3n) is 5.27. The summed E-state index contributed by atoms with van der Waals surface area (Å²) in [7, 11) is 0. The molecule has 0 radical (unpaired) electrons. The van der Waals surface area contributed by atoms with Gasteiger partial charge in [-0.2, -0.15) is 0 Å². The summed E-state index contributed by atoms with van der Waals surface area (Å²) < 4.78 is 0. The minimum absolute atomic E-state index is 0.160. The highest BCUT2D eigenvalue weighted by Crippen LogP contribution is 2.36. The lowest BCUT2D eigenvalue weighted by Gasteiger charge is -2.30. The Morgan fingerprint density at radius 3 is 2.69 bits per heavy atom. The van der Waals surface area contributed by atoms with Crippen molar-refractivity contribution < 1.29 is 9.59 Å². The van der Waals surface area contributed by atoms with E-state index in [1.807, 2.05) is 50.2 Å². The second-order valence-electron chi connectivity index (χ2n) is 7.74. The number of nitrogens with zero attached hydrogens (tertiary/aromatic N) is 2. The molecule has 7 heteroatoms. The van der Waals surface area contributed by atoms with Crippen LogP contribution >= 0.6 is 11.8 Å². The van der Waals surface area contributed by atoms with Gasteiger partial charge in [0.2, 0.25) is 0 Å². The van der Waals surface area contributed by atoms with Gasteiger partial charge in [0.15, 0.2) is 0 Å². The molecule has 4 rings (SSSR count). The predicted molar refractivity (Wildman–Crippen MR) is 130 cm³/mol. The Hall–Kier alpha value is -3.32. The highest BCUT2D eigenvalue weighted by molar-refractivity contribution is 7.99. The van der Waals surface area contributed by atoms with E-state index in [0.29, 0.717) is 24.3 Å². The zero-order valence-corrected chi connectivity index (χ0v) is 19.0. The summed E-state index contributed by atoms with van der Waals surface area (Å²) in [6.07, 6.45) is 0.766. The first-order valence-electron chi connectivity index (χ1n) is 10.6. The SMILES string of the molecule is Cc1cc(C)c2c(n1)SCCN2C(=O)Nc1cccc(C(=O)NCCc2ccccc2)c1. The lowest BCUT2D eigenvalue weighted by Crippen LogP contribution is -2.39. The lowest BCUT2D eigenvalue weighted by molar-refractivity contribution is 0.0954. The van der Waals surface area contributed by atoms with Gasteiger partial charge in [-0.15, -0.1) is 11.8 Å². The topological polar surface area (TPSA) is 74.3 Å². The molecule has 1 aliphatic rings. The first-order chi connectivity index (χ1) is 15.5. The molecule has 6 nitrogen and oxygen atoms in total. The average molecular weight is 447 g/mol. The van der Waals surface area contributed by atoms with Crippen molar-refractivity contribution in [1.29, 1.82) is 0 Å². The minimum atomic E-state index is -0.220. The number of carbonyl (C=O) groups excluding carboxylic acids is 2. The molecule has 0 bridgehead atoms. The van der Waals surface area contributed by atoms with Gasteiger partial charge in [-0.05, 0) is 55.7 Å². The number of urea groups is 1. The maximum absolute atomic E-state index is 13.1. The number of nitrogens with one attached hydrogen (secondary N) is 2. The van der Waals surface area contributed by atoms with Crippen molar-refractivity contribution in [3.8, 4) is 0 Å². The predicted octanol–water partition coefficient (Wildman–Crippen LogP) is 4.82. The summed E-state index contributed by atoms with van der Waals surface area (Å²) >= 11 is 1.67. The van der Waals surface area contributed by atoms with Gasteiger partial charge < -0.3 is 10.6 Å². The third kappa shape index (κ3) is 5.11. The van der Waals surface area contributed by atoms with Crippen LogP contribution in [-0.4, -0.2) is 35.8 Å². The van der Waals surface area contributed by atoms with Gasteiger partial charge in [0.25, 0.3) is 5.91 Å². The molecule has 0 atom stereocenters. The molecule has 2 heterocycles. The number of hydrogen-bond acceptors (Lipinski definition) is 4. The Kier molecular flexibility index (Phi) is 6.75. The van der Waals surface area contributed by atoms with Gasteiger partial charge in [-0.3, -0.25) is 9.69 Å². The van der Waals surface area contributed by atoms with Crippen molar-refractivity contribution in [2.75, 3.05) is 29.1 Å². The zero-order valence-electron chi connectivity index (χ0n) is 18.2. The van der Waals surface area contributed by atoms with Gasteiger partial charge in [-0.25, -0.2) is 9.78 Å². The van der Waals surface area contributed by atoms with Crippen LogP contribution in [0, 0.1) is 13.8 Å². The summed E-state index contributed by atoms with van der Waals surface area (Å²) in [5, 5.41) is 6.77. The molecule has 0 unspecified atom stereocenters. The number of amides is 3. The van der Waals surface area contributed by atoms with E-state index in [1.165, 1.54) is 5.56 Å². The maximum atomic E-state index is 13.1. The molecule has 0 fully saturated rings. The van der Waals surface area contributed by atoms with Gasteiger partial charge >= 0.3 is 6.03 Å². The zero-order chi connectivity index (χ0) is 22.5. The fraction of sp³-hybridized carbons (Fsp3) is 0.240. The van der Waals surface area contributed by atoms with Gasteiger partial charge in [0.05, 0.1) is 5.69 Å². The molecule has 2 aromatic carbocycles. The van der Waals surface area contributed by atoms with Crippen LogP contribution in [0.1, 0.15) is 27.2 Å². The van der Waals surface area contributed by atoms with Crippen molar-refractivity contribution in [3.05, 3.63) is 83.0 Å². The van der Waals surface area contributed by atoms with Crippen molar-refractivity contribution in [1.82, 2.24) is 10.3 Å². The average Bonchev–Trinajstić information content (AvgIpc) is 2.79. The van der Waals surface area contributed by atoms with Gasteiger partial charge in [0, 0.05) is 35.8 Å². The van der Waals surface area contributed by atoms with E-state index in [2.05, 4.69) is 15.6 Å². The van der Waals surface area contributed by atoms with Crippen LogP contribution in [0.3, 0.4) is 0 Å². The van der Waals surface area contributed by atoms with Crippen molar-refractivity contribution >= 4 is 35.1 Å². The number of fused-ring (bicyclic) bond motifs is 1. The quantitative estimate of drug-likeness (QED) is 0.590. The number of aromatic nitrogens is 1. The van der Waals surface area contributed by atoms with E-state index in [-0.39, 0.29) is 11.9 Å². The Bertz CT molecular complexity index is 1130. The van der Waals surface area contributed by atoms with Crippen LogP contribution in [0.15, 0.2) is 65.7 Å². The van der Waals surface area contributed by atoms with E-state index in [0.717, 1.165) is 34.1 Å². The molecule has 164 valence electrons. The molecule has 0 spiro atoms. The van der Waals surface area contributed by atoms with Crippen molar-refractivity contribution in [2.24, 2.45) is 0 Å². The summed E-state index contributed by atoms with van der Waals surface area (Å²) in [6, 6.07) is 18.8. The molecule has 32 heavy (non-hydrogen) atoms. The number of rotatable bonds is 5. The molecule has 1 aliphatic heterocycles. The molecule has 2 N–H and O–H groups in total. The molecule has 0 aliphatic carbocycles. The number of anilines is 2. The standard InChI is InChI=1S/C25H26N4O2S/c1-17-15-18(2)27-24-22(17)29(13-14-32-24)25(31)28-21-10-6-9-20(16-21)23(30)26-12-11-19-7-4-3-5-8-19/h3-10,15-16H,11-14H2,1-2H3,(H,26,30)(H,28,31). The fourth-order valence-corrected chi connectivity index (χ4v) is 4.85. The second-order valence-corrected chi connectivity index (χ2v) is 8.82. The van der Waals surface area contributed by atoms with Crippen LogP contribution in [0.2, 0.25) is 0 Å². The Labute approximate surface area is 192 Å². The number of pyridine rings is 1. The van der Waals surface area contributed by atoms with E-state index in [4.69, 9.17) is 0 Å². The van der Waals surface area contributed by atoms with E-state index in [9.17, 15) is 9.59 Å². The van der Waals surface area contributed by atoms with Crippen LogP contribution < -0.4 is 15.5 Å². The fourth-order valence-electron chi connectivity index (χ4n) is 3.77.